The van der Waals surface area contributed by atoms with Gasteiger partial charge in [-0.3, -0.25) is 14.8 Å². The van der Waals surface area contributed by atoms with Crippen molar-refractivity contribution < 1.29 is 15.0 Å². The maximum absolute atomic E-state index is 9.88. The standard InChI is InChI=1S/C21H24N6O.CH2O2/c28-13-16-11-24-12-17-18(16)20(26-19(25-17)15-1-6-22-7-2-15)27-9-4-21(5-10-27)3-8-23-14-21;2-1-3/h1-2,6-7,11-12,23,28H,3-5,8-10,13-14H2;1H,(H,2,3). The number of aliphatic hydroxyl groups is 1. The molecule has 5 heterocycles. The van der Waals surface area contributed by atoms with Gasteiger partial charge in [0.1, 0.15) is 5.82 Å². The maximum Gasteiger partial charge on any atom is 0.290 e. The van der Waals surface area contributed by atoms with Crippen LogP contribution < -0.4 is 10.2 Å². The zero-order valence-corrected chi connectivity index (χ0v) is 17.2. The van der Waals surface area contributed by atoms with E-state index in [2.05, 4.69) is 20.2 Å². The molecule has 2 saturated heterocycles. The van der Waals surface area contributed by atoms with E-state index in [1.807, 2.05) is 12.1 Å². The van der Waals surface area contributed by atoms with Crippen LogP contribution in [0.4, 0.5) is 5.82 Å². The molecule has 2 fully saturated rings. The predicted octanol–water partition coefficient (Wildman–Crippen LogP) is 1.86. The number of nitrogens with zero attached hydrogens (tertiary/aromatic N) is 5. The average molecular weight is 422 g/mol. The Morgan fingerprint density at radius 2 is 1.84 bits per heavy atom. The maximum atomic E-state index is 9.88. The molecule has 2 aliphatic heterocycles. The van der Waals surface area contributed by atoms with Crippen molar-refractivity contribution in [3.05, 3.63) is 42.5 Å². The number of fused-ring (bicyclic) bond motifs is 1. The Bertz CT molecular complexity index is 1030. The van der Waals surface area contributed by atoms with Crippen molar-refractivity contribution in [1.29, 1.82) is 0 Å². The second-order valence-corrected chi connectivity index (χ2v) is 7.98. The summed E-state index contributed by atoms with van der Waals surface area (Å²) in [6, 6.07) is 3.84. The van der Waals surface area contributed by atoms with Gasteiger partial charge in [-0.1, -0.05) is 0 Å². The third kappa shape index (κ3) is 4.33. The highest BCUT2D eigenvalue weighted by Gasteiger charge is 2.37. The highest BCUT2D eigenvalue weighted by molar-refractivity contribution is 5.93. The normalized spacial score (nSPS) is 17.4. The van der Waals surface area contributed by atoms with Crippen LogP contribution in [0.1, 0.15) is 24.8 Å². The van der Waals surface area contributed by atoms with Gasteiger partial charge in [-0.05, 0) is 43.4 Å². The average Bonchev–Trinajstić information content (AvgIpc) is 3.27. The first kappa shape index (κ1) is 21.1. The smallest absolute Gasteiger partial charge is 0.290 e. The van der Waals surface area contributed by atoms with Crippen molar-refractivity contribution >= 4 is 23.2 Å². The molecular weight excluding hydrogens is 396 g/mol. The molecule has 5 rings (SSSR count). The van der Waals surface area contributed by atoms with E-state index in [-0.39, 0.29) is 13.1 Å². The quantitative estimate of drug-likeness (QED) is 0.542. The highest BCUT2D eigenvalue weighted by Crippen LogP contribution is 2.39. The fraction of sp³-hybridized carbons (Fsp3) is 0.409. The molecule has 0 bridgehead atoms. The van der Waals surface area contributed by atoms with E-state index in [4.69, 9.17) is 19.9 Å². The van der Waals surface area contributed by atoms with E-state index in [0.717, 1.165) is 66.9 Å². The number of hydrogen-bond acceptors (Lipinski definition) is 8. The molecule has 0 atom stereocenters. The lowest BCUT2D eigenvalue weighted by atomic mass is 9.78. The van der Waals surface area contributed by atoms with E-state index >= 15 is 0 Å². The molecule has 0 aliphatic carbocycles. The van der Waals surface area contributed by atoms with Crippen LogP contribution in [0.25, 0.3) is 22.3 Å². The van der Waals surface area contributed by atoms with Crippen molar-refractivity contribution in [2.75, 3.05) is 31.1 Å². The Labute approximate surface area is 180 Å². The SMILES string of the molecule is O=CO.OCc1cncc2nc(-c3ccncc3)nc(N3CCC4(CCNC4)CC3)c12. The minimum absolute atomic E-state index is 0.0724. The second-order valence-electron chi connectivity index (χ2n) is 7.98. The fourth-order valence-electron chi connectivity index (χ4n) is 4.52. The van der Waals surface area contributed by atoms with E-state index in [1.165, 1.54) is 6.42 Å². The molecule has 0 amide bonds. The number of piperidine rings is 1. The van der Waals surface area contributed by atoms with Gasteiger partial charge in [-0.25, -0.2) is 9.97 Å². The van der Waals surface area contributed by atoms with Gasteiger partial charge in [0.2, 0.25) is 0 Å². The number of carbonyl (C=O) groups is 1. The van der Waals surface area contributed by atoms with E-state index < -0.39 is 0 Å². The van der Waals surface area contributed by atoms with Gasteiger partial charge in [-0.2, -0.15) is 0 Å². The fourth-order valence-corrected chi connectivity index (χ4v) is 4.52. The van der Waals surface area contributed by atoms with Gasteiger partial charge < -0.3 is 20.4 Å². The molecule has 0 radical (unpaired) electrons. The lowest BCUT2D eigenvalue weighted by Gasteiger charge is -2.39. The lowest BCUT2D eigenvalue weighted by molar-refractivity contribution is -0.122. The van der Waals surface area contributed by atoms with E-state index in [9.17, 15) is 5.11 Å². The van der Waals surface area contributed by atoms with Gasteiger partial charge in [0.15, 0.2) is 5.82 Å². The topological polar surface area (TPSA) is 124 Å². The van der Waals surface area contributed by atoms with Gasteiger partial charge in [-0.15, -0.1) is 0 Å². The van der Waals surface area contributed by atoms with E-state index in [1.54, 1.807) is 24.8 Å². The molecule has 9 nitrogen and oxygen atoms in total. The Hall–Kier alpha value is -3.17. The zero-order valence-electron chi connectivity index (χ0n) is 17.2. The van der Waals surface area contributed by atoms with Crippen LogP contribution in [0.3, 0.4) is 0 Å². The van der Waals surface area contributed by atoms with Crippen molar-refractivity contribution in [2.24, 2.45) is 5.41 Å². The Morgan fingerprint density at radius 3 is 2.48 bits per heavy atom. The van der Waals surface area contributed by atoms with Crippen LogP contribution in [0, 0.1) is 5.41 Å². The third-order valence-corrected chi connectivity index (χ3v) is 6.23. The molecule has 0 unspecified atom stereocenters. The summed E-state index contributed by atoms with van der Waals surface area (Å²) in [5, 5.41) is 21.2. The molecule has 3 N–H and O–H groups in total. The molecule has 1 spiro atoms. The first-order valence-corrected chi connectivity index (χ1v) is 10.4. The summed E-state index contributed by atoms with van der Waals surface area (Å²) in [5.74, 6) is 1.58. The van der Waals surface area contributed by atoms with Crippen LogP contribution in [-0.4, -0.2) is 62.8 Å². The van der Waals surface area contributed by atoms with Gasteiger partial charge >= 0.3 is 0 Å². The lowest BCUT2D eigenvalue weighted by Crippen LogP contribution is -2.41. The van der Waals surface area contributed by atoms with Crippen LogP contribution in [0.2, 0.25) is 0 Å². The number of nitrogens with one attached hydrogen (secondary N) is 1. The molecule has 2 aliphatic rings. The molecule has 0 aromatic carbocycles. The summed E-state index contributed by atoms with van der Waals surface area (Å²) < 4.78 is 0. The summed E-state index contributed by atoms with van der Waals surface area (Å²) in [4.78, 5) is 28.8. The third-order valence-electron chi connectivity index (χ3n) is 6.23. The second kappa shape index (κ2) is 9.32. The summed E-state index contributed by atoms with van der Waals surface area (Å²) in [6.07, 6.45) is 10.6. The highest BCUT2D eigenvalue weighted by atomic mass is 16.3. The number of pyridine rings is 2. The van der Waals surface area contributed by atoms with Crippen molar-refractivity contribution in [1.82, 2.24) is 25.3 Å². The number of rotatable bonds is 3. The molecule has 0 saturated carbocycles. The number of anilines is 1. The molecular formula is C22H26N6O3. The molecule has 9 heteroatoms. The monoisotopic (exact) mass is 422 g/mol. The van der Waals surface area contributed by atoms with E-state index in [0.29, 0.717) is 11.2 Å². The molecule has 162 valence electrons. The van der Waals surface area contributed by atoms with Gasteiger partial charge in [0.25, 0.3) is 6.47 Å². The zero-order chi connectivity index (χ0) is 21.7. The van der Waals surface area contributed by atoms with Crippen LogP contribution >= 0.6 is 0 Å². The number of carboxylic acid groups (broad SMARTS) is 1. The number of hydrogen-bond donors (Lipinski definition) is 3. The number of aliphatic hydroxyl groups excluding tert-OH is 1. The number of aromatic nitrogens is 4. The minimum atomic E-state index is -0.250. The summed E-state index contributed by atoms with van der Waals surface area (Å²) in [6.45, 7) is 3.87. The van der Waals surface area contributed by atoms with Crippen LogP contribution in [-0.2, 0) is 11.4 Å². The summed E-state index contributed by atoms with van der Waals surface area (Å²) in [7, 11) is 0. The first-order valence-electron chi connectivity index (χ1n) is 10.4. The Morgan fingerprint density at radius 1 is 1.10 bits per heavy atom. The van der Waals surface area contributed by atoms with Crippen LogP contribution in [0.15, 0.2) is 36.9 Å². The van der Waals surface area contributed by atoms with Crippen LogP contribution in [0.5, 0.6) is 0 Å². The molecule has 3 aromatic rings. The Balaban J connectivity index is 0.000000730. The van der Waals surface area contributed by atoms with Crippen molar-refractivity contribution in [3.8, 4) is 11.4 Å². The van der Waals surface area contributed by atoms with Gasteiger partial charge in [0, 0.05) is 49.4 Å². The summed E-state index contributed by atoms with van der Waals surface area (Å²) in [5.41, 5.74) is 2.91. The largest absolute Gasteiger partial charge is 0.483 e. The Kier molecular flexibility index (Phi) is 6.34. The first-order chi connectivity index (χ1) is 15.2. The molecule has 3 aromatic heterocycles. The predicted molar refractivity (Wildman–Crippen MR) is 117 cm³/mol. The summed E-state index contributed by atoms with van der Waals surface area (Å²) >= 11 is 0. The van der Waals surface area contributed by atoms with Crippen molar-refractivity contribution in [3.63, 3.8) is 0 Å². The van der Waals surface area contributed by atoms with Crippen molar-refractivity contribution in [2.45, 2.75) is 25.9 Å². The molecule has 31 heavy (non-hydrogen) atoms. The minimum Gasteiger partial charge on any atom is -0.483 e. The van der Waals surface area contributed by atoms with Gasteiger partial charge in [0.05, 0.1) is 23.7 Å².